The van der Waals surface area contributed by atoms with Gasteiger partial charge in [-0.25, -0.2) is 10.8 Å². The number of hydrogen-bond donors (Lipinski definition) is 3. The lowest BCUT2D eigenvalue weighted by molar-refractivity contribution is 0.0939. The van der Waals surface area contributed by atoms with Crippen LogP contribution in [-0.2, 0) is 0 Å². The van der Waals surface area contributed by atoms with Crippen LogP contribution in [-0.4, -0.2) is 17.4 Å². The zero-order valence-corrected chi connectivity index (χ0v) is 11.0. The molecule has 0 bridgehead atoms. The van der Waals surface area contributed by atoms with Gasteiger partial charge in [0.25, 0.3) is 5.91 Å². The van der Waals surface area contributed by atoms with Crippen molar-refractivity contribution in [1.29, 1.82) is 0 Å². The van der Waals surface area contributed by atoms with E-state index in [0.29, 0.717) is 17.3 Å². The minimum absolute atomic E-state index is 0.140. The van der Waals surface area contributed by atoms with Gasteiger partial charge in [0.2, 0.25) is 0 Å². The first kappa shape index (κ1) is 12.3. The Morgan fingerprint density at radius 1 is 1.59 bits per heavy atom. The van der Waals surface area contributed by atoms with Crippen molar-refractivity contribution < 1.29 is 4.79 Å². The standard InChI is InChI=1S/C11H15BrN4O/c12-8-4-9(10(16-13)14-6-8)11(17)15-5-7-2-1-3-7/h4,6-7H,1-3,5,13H2,(H,14,16)(H,15,17). The van der Waals surface area contributed by atoms with E-state index < -0.39 is 0 Å². The third kappa shape index (κ3) is 2.95. The summed E-state index contributed by atoms with van der Waals surface area (Å²) in [6, 6.07) is 1.71. The van der Waals surface area contributed by atoms with Crippen molar-refractivity contribution in [3.8, 4) is 0 Å². The number of nitrogens with zero attached hydrogens (tertiary/aromatic N) is 1. The van der Waals surface area contributed by atoms with Crippen LogP contribution in [0, 0.1) is 5.92 Å². The van der Waals surface area contributed by atoms with Gasteiger partial charge in [0.1, 0.15) is 0 Å². The first-order valence-corrected chi connectivity index (χ1v) is 6.40. The number of rotatable bonds is 4. The van der Waals surface area contributed by atoms with Crippen molar-refractivity contribution in [2.24, 2.45) is 11.8 Å². The highest BCUT2D eigenvalue weighted by Gasteiger charge is 2.19. The van der Waals surface area contributed by atoms with Crippen LogP contribution in [0.1, 0.15) is 29.6 Å². The van der Waals surface area contributed by atoms with Gasteiger partial charge in [-0.05, 0) is 40.8 Å². The SMILES string of the molecule is NNc1ncc(Br)cc1C(=O)NCC1CCC1. The fourth-order valence-corrected chi connectivity index (χ4v) is 2.09. The second-order valence-corrected chi connectivity index (χ2v) is 5.12. The van der Waals surface area contributed by atoms with Crippen LogP contribution in [0.2, 0.25) is 0 Å². The summed E-state index contributed by atoms with van der Waals surface area (Å²) in [6.07, 6.45) is 5.28. The smallest absolute Gasteiger partial charge is 0.255 e. The average Bonchev–Trinajstić information content (AvgIpc) is 2.26. The third-order valence-corrected chi connectivity index (χ3v) is 3.45. The Morgan fingerprint density at radius 2 is 2.35 bits per heavy atom. The zero-order chi connectivity index (χ0) is 12.3. The van der Waals surface area contributed by atoms with Crippen LogP contribution in [0.15, 0.2) is 16.7 Å². The Labute approximate surface area is 108 Å². The second-order valence-electron chi connectivity index (χ2n) is 4.20. The fourth-order valence-electron chi connectivity index (χ4n) is 1.76. The summed E-state index contributed by atoms with van der Waals surface area (Å²) in [5, 5.41) is 2.91. The molecule has 1 heterocycles. The quantitative estimate of drug-likeness (QED) is 0.583. The van der Waals surface area contributed by atoms with Crippen molar-refractivity contribution in [2.75, 3.05) is 12.0 Å². The maximum absolute atomic E-state index is 12.0. The Balaban J connectivity index is 2.03. The summed E-state index contributed by atoms with van der Waals surface area (Å²) in [4.78, 5) is 16.0. The van der Waals surface area contributed by atoms with E-state index in [4.69, 9.17) is 5.84 Å². The number of nitrogens with one attached hydrogen (secondary N) is 2. The number of nitrogen functional groups attached to an aromatic ring is 1. The molecule has 0 saturated heterocycles. The van der Waals surface area contributed by atoms with E-state index in [9.17, 15) is 4.79 Å². The van der Waals surface area contributed by atoms with E-state index in [1.807, 2.05) is 0 Å². The summed E-state index contributed by atoms with van der Waals surface area (Å²) < 4.78 is 0.755. The van der Waals surface area contributed by atoms with Crippen LogP contribution >= 0.6 is 15.9 Å². The third-order valence-electron chi connectivity index (χ3n) is 3.01. The van der Waals surface area contributed by atoms with Crippen molar-refractivity contribution >= 4 is 27.7 Å². The van der Waals surface area contributed by atoms with Crippen molar-refractivity contribution in [3.63, 3.8) is 0 Å². The van der Waals surface area contributed by atoms with Gasteiger partial charge in [0.05, 0.1) is 5.56 Å². The van der Waals surface area contributed by atoms with Crippen LogP contribution < -0.4 is 16.6 Å². The number of hydrazine groups is 1. The van der Waals surface area contributed by atoms with Crippen molar-refractivity contribution in [2.45, 2.75) is 19.3 Å². The summed E-state index contributed by atoms with van der Waals surface area (Å²) in [6.45, 7) is 0.732. The van der Waals surface area contributed by atoms with Gasteiger partial charge in [0, 0.05) is 17.2 Å². The van der Waals surface area contributed by atoms with Gasteiger partial charge in [-0.15, -0.1) is 0 Å². The first-order valence-electron chi connectivity index (χ1n) is 5.61. The number of carbonyl (C=O) groups is 1. The summed E-state index contributed by atoms with van der Waals surface area (Å²) in [5.41, 5.74) is 2.89. The molecule has 1 aliphatic carbocycles. The predicted molar refractivity (Wildman–Crippen MR) is 69.4 cm³/mol. The highest BCUT2D eigenvalue weighted by molar-refractivity contribution is 9.10. The van der Waals surface area contributed by atoms with Gasteiger partial charge >= 0.3 is 0 Å². The maximum Gasteiger partial charge on any atom is 0.255 e. The molecule has 92 valence electrons. The Kier molecular flexibility index (Phi) is 3.96. The molecular weight excluding hydrogens is 284 g/mol. The molecule has 0 aromatic carbocycles. The molecule has 1 aliphatic rings. The van der Waals surface area contributed by atoms with Gasteiger partial charge in [-0.3, -0.25) is 4.79 Å². The number of carbonyl (C=O) groups excluding carboxylic acids is 1. The number of aromatic nitrogens is 1. The van der Waals surface area contributed by atoms with Crippen LogP contribution in [0.4, 0.5) is 5.82 Å². The molecule has 2 rings (SSSR count). The number of halogens is 1. The fraction of sp³-hybridized carbons (Fsp3) is 0.455. The van der Waals surface area contributed by atoms with Crippen molar-refractivity contribution in [3.05, 3.63) is 22.3 Å². The largest absolute Gasteiger partial charge is 0.352 e. The first-order chi connectivity index (χ1) is 8.20. The lowest BCUT2D eigenvalue weighted by Gasteiger charge is -2.25. The van der Waals surface area contributed by atoms with Crippen LogP contribution in [0.3, 0.4) is 0 Å². The van der Waals surface area contributed by atoms with E-state index in [0.717, 1.165) is 11.0 Å². The Bertz CT molecular complexity index is 420. The highest BCUT2D eigenvalue weighted by atomic mass is 79.9. The average molecular weight is 299 g/mol. The predicted octanol–water partition coefficient (Wildman–Crippen LogP) is 1.66. The molecule has 1 amide bonds. The van der Waals surface area contributed by atoms with E-state index in [-0.39, 0.29) is 5.91 Å². The topological polar surface area (TPSA) is 80.0 Å². The number of hydrogen-bond acceptors (Lipinski definition) is 4. The molecule has 1 saturated carbocycles. The maximum atomic E-state index is 12.0. The number of amides is 1. The molecule has 1 aromatic heterocycles. The molecule has 0 spiro atoms. The molecule has 0 atom stereocenters. The van der Waals surface area contributed by atoms with E-state index in [1.54, 1.807) is 12.3 Å². The van der Waals surface area contributed by atoms with Gasteiger partial charge in [0.15, 0.2) is 5.82 Å². The molecule has 17 heavy (non-hydrogen) atoms. The zero-order valence-electron chi connectivity index (χ0n) is 9.37. The van der Waals surface area contributed by atoms with Gasteiger partial charge in [-0.1, -0.05) is 6.42 Å². The molecule has 4 N–H and O–H groups in total. The molecule has 1 fully saturated rings. The van der Waals surface area contributed by atoms with E-state index >= 15 is 0 Å². The normalized spacial score (nSPS) is 15.2. The summed E-state index contributed by atoms with van der Waals surface area (Å²) >= 11 is 3.29. The van der Waals surface area contributed by atoms with E-state index in [2.05, 4.69) is 31.7 Å². The number of anilines is 1. The van der Waals surface area contributed by atoms with E-state index in [1.165, 1.54) is 19.3 Å². The number of nitrogens with two attached hydrogens (primary N) is 1. The minimum atomic E-state index is -0.140. The molecule has 1 aromatic rings. The monoisotopic (exact) mass is 298 g/mol. The second kappa shape index (κ2) is 5.46. The Morgan fingerprint density at radius 3 is 2.94 bits per heavy atom. The summed E-state index contributed by atoms with van der Waals surface area (Å²) in [5.74, 6) is 6.20. The lowest BCUT2D eigenvalue weighted by Crippen LogP contribution is -2.33. The number of pyridine rings is 1. The van der Waals surface area contributed by atoms with Crippen molar-refractivity contribution in [1.82, 2.24) is 10.3 Å². The molecule has 5 nitrogen and oxygen atoms in total. The van der Waals surface area contributed by atoms with Crippen LogP contribution in [0.5, 0.6) is 0 Å². The lowest BCUT2D eigenvalue weighted by atomic mass is 9.85. The molecule has 0 aliphatic heterocycles. The minimum Gasteiger partial charge on any atom is -0.352 e. The van der Waals surface area contributed by atoms with Gasteiger partial charge in [-0.2, -0.15) is 0 Å². The van der Waals surface area contributed by atoms with Gasteiger partial charge < -0.3 is 10.7 Å². The molecule has 0 radical (unpaired) electrons. The van der Waals surface area contributed by atoms with Crippen LogP contribution in [0.25, 0.3) is 0 Å². The molecule has 6 heteroatoms. The Hall–Kier alpha value is -1.14. The highest BCUT2D eigenvalue weighted by Crippen LogP contribution is 2.25. The summed E-state index contributed by atoms with van der Waals surface area (Å²) in [7, 11) is 0. The molecule has 0 unspecified atom stereocenters. The molecular formula is C11H15BrN4O.